The van der Waals surface area contributed by atoms with Gasteiger partial charge in [-0.15, -0.1) is 6.42 Å². The second-order valence-electron chi connectivity index (χ2n) is 2.89. The van der Waals surface area contributed by atoms with E-state index in [4.69, 9.17) is 11.2 Å². The molecule has 0 aromatic heterocycles. The summed E-state index contributed by atoms with van der Waals surface area (Å²) in [4.78, 5) is 11.8. The van der Waals surface area contributed by atoms with Crippen LogP contribution in [0.4, 0.5) is 0 Å². The number of benzene rings is 1. The number of ketones is 1. The highest BCUT2D eigenvalue weighted by molar-refractivity contribution is 8.02. The standard InChI is InChI=1S/C13H12O2S/c1-3-9-15-13(16-2)10-12(14)11-7-5-4-6-8-11/h1,4-8,10H,9H2,2H3/b13-10-. The van der Waals surface area contributed by atoms with Gasteiger partial charge in [0.2, 0.25) is 0 Å². The van der Waals surface area contributed by atoms with Crippen molar-refractivity contribution in [3.63, 3.8) is 0 Å². The summed E-state index contributed by atoms with van der Waals surface area (Å²) in [7, 11) is 0. The first-order valence-electron chi connectivity index (χ1n) is 4.69. The van der Waals surface area contributed by atoms with Gasteiger partial charge in [-0.2, -0.15) is 0 Å². The van der Waals surface area contributed by atoms with E-state index in [9.17, 15) is 4.79 Å². The Kier molecular flexibility index (Phi) is 5.24. The molecule has 0 aliphatic rings. The second kappa shape index (κ2) is 6.76. The van der Waals surface area contributed by atoms with Crippen LogP contribution >= 0.6 is 11.8 Å². The van der Waals surface area contributed by atoms with Crippen LogP contribution in [0.3, 0.4) is 0 Å². The highest BCUT2D eigenvalue weighted by Crippen LogP contribution is 2.14. The van der Waals surface area contributed by atoms with Crippen LogP contribution in [-0.2, 0) is 4.74 Å². The van der Waals surface area contributed by atoms with E-state index in [2.05, 4.69) is 5.92 Å². The number of terminal acetylenes is 1. The van der Waals surface area contributed by atoms with Crippen molar-refractivity contribution in [2.45, 2.75) is 0 Å². The molecule has 82 valence electrons. The SMILES string of the molecule is C#CCO/C(=C/C(=O)c1ccccc1)SC. The van der Waals surface area contributed by atoms with Crippen LogP contribution in [0.5, 0.6) is 0 Å². The summed E-state index contributed by atoms with van der Waals surface area (Å²) in [5.41, 5.74) is 0.637. The largest absolute Gasteiger partial charge is 0.475 e. The van der Waals surface area contributed by atoms with E-state index in [1.165, 1.54) is 17.8 Å². The predicted molar refractivity (Wildman–Crippen MR) is 67.2 cm³/mol. The molecule has 0 amide bonds. The zero-order valence-corrected chi connectivity index (χ0v) is 9.79. The first-order valence-corrected chi connectivity index (χ1v) is 5.91. The Bertz CT molecular complexity index is 415. The molecule has 1 aromatic rings. The molecule has 2 nitrogen and oxygen atoms in total. The molecule has 0 atom stereocenters. The monoisotopic (exact) mass is 232 g/mol. The molecule has 0 aliphatic heterocycles. The van der Waals surface area contributed by atoms with E-state index < -0.39 is 0 Å². The molecule has 3 heteroatoms. The molecule has 1 rings (SSSR count). The minimum Gasteiger partial charge on any atom is -0.475 e. The maximum Gasteiger partial charge on any atom is 0.190 e. The van der Waals surface area contributed by atoms with E-state index in [1.54, 1.807) is 12.1 Å². The van der Waals surface area contributed by atoms with Crippen molar-refractivity contribution < 1.29 is 9.53 Å². The molecular weight excluding hydrogens is 220 g/mol. The van der Waals surface area contributed by atoms with E-state index in [0.717, 1.165) is 0 Å². The molecule has 0 N–H and O–H groups in total. The van der Waals surface area contributed by atoms with Crippen LogP contribution in [0.25, 0.3) is 0 Å². The van der Waals surface area contributed by atoms with Gasteiger partial charge in [-0.25, -0.2) is 0 Å². The molecule has 1 aromatic carbocycles. The van der Waals surface area contributed by atoms with E-state index in [0.29, 0.717) is 10.7 Å². The first kappa shape index (κ1) is 12.4. The normalized spacial score (nSPS) is 10.6. The maximum absolute atomic E-state index is 11.8. The van der Waals surface area contributed by atoms with Crippen LogP contribution < -0.4 is 0 Å². The molecule has 0 aliphatic carbocycles. The molecule has 0 saturated carbocycles. The lowest BCUT2D eigenvalue weighted by molar-refractivity contribution is 0.104. The highest BCUT2D eigenvalue weighted by Gasteiger charge is 2.04. The van der Waals surface area contributed by atoms with Crippen molar-refractivity contribution in [2.75, 3.05) is 12.9 Å². The Balaban J connectivity index is 2.74. The van der Waals surface area contributed by atoms with Crippen LogP contribution in [0.2, 0.25) is 0 Å². The van der Waals surface area contributed by atoms with Gasteiger partial charge in [0.25, 0.3) is 0 Å². The summed E-state index contributed by atoms with van der Waals surface area (Å²) < 4.78 is 5.20. The molecule has 16 heavy (non-hydrogen) atoms. The lowest BCUT2D eigenvalue weighted by Crippen LogP contribution is -1.97. The molecule has 0 saturated heterocycles. The maximum atomic E-state index is 11.8. The second-order valence-corrected chi connectivity index (χ2v) is 3.70. The zero-order chi connectivity index (χ0) is 11.8. The summed E-state index contributed by atoms with van der Waals surface area (Å²) in [5, 5.41) is 0.534. The van der Waals surface area contributed by atoms with E-state index >= 15 is 0 Å². The molecular formula is C13H12O2S. The van der Waals surface area contributed by atoms with E-state index in [1.807, 2.05) is 24.5 Å². The Morgan fingerprint density at radius 1 is 1.50 bits per heavy atom. The number of thioether (sulfide) groups is 1. The summed E-state index contributed by atoms with van der Waals surface area (Å²) in [6, 6.07) is 9.03. The molecule has 0 unspecified atom stereocenters. The Labute approximate surface area is 99.7 Å². The quantitative estimate of drug-likeness (QED) is 0.338. The summed E-state index contributed by atoms with van der Waals surface area (Å²) in [6.45, 7) is 0.175. The van der Waals surface area contributed by atoms with Gasteiger partial charge in [0.05, 0.1) is 0 Å². The van der Waals surface area contributed by atoms with Gasteiger partial charge >= 0.3 is 0 Å². The fraction of sp³-hybridized carbons (Fsp3) is 0.154. The molecule has 0 heterocycles. The van der Waals surface area contributed by atoms with Crippen LogP contribution in [-0.4, -0.2) is 18.6 Å². The minimum atomic E-state index is -0.0815. The van der Waals surface area contributed by atoms with Gasteiger partial charge in [0.15, 0.2) is 10.9 Å². The van der Waals surface area contributed by atoms with Gasteiger partial charge < -0.3 is 4.74 Å². The topological polar surface area (TPSA) is 26.3 Å². The number of carbonyl (C=O) groups excluding carboxylic acids is 1. The van der Waals surface area contributed by atoms with Crippen molar-refractivity contribution >= 4 is 17.5 Å². The predicted octanol–water partition coefficient (Wildman–Crippen LogP) is 2.72. The lowest BCUT2D eigenvalue weighted by atomic mass is 10.1. The van der Waals surface area contributed by atoms with E-state index in [-0.39, 0.29) is 12.4 Å². The van der Waals surface area contributed by atoms with Gasteiger partial charge in [-0.3, -0.25) is 4.79 Å². The number of ether oxygens (including phenoxy) is 1. The number of hydrogen-bond donors (Lipinski definition) is 0. The third kappa shape index (κ3) is 3.84. The van der Waals surface area contributed by atoms with Gasteiger partial charge in [-0.05, 0) is 6.26 Å². The molecule has 0 spiro atoms. The zero-order valence-electron chi connectivity index (χ0n) is 8.97. The fourth-order valence-corrected chi connectivity index (χ4v) is 1.47. The minimum absolute atomic E-state index is 0.0815. The summed E-state index contributed by atoms with van der Waals surface area (Å²) >= 11 is 1.36. The number of hydrogen-bond acceptors (Lipinski definition) is 3. The molecule has 0 fully saturated rings. The first-order chi connectivity index (χ1) is 7.77. The average molecular weight is 232 g/mol. The van der Waals surface area contributed by atoms with Crippen molar-refractivity contribution in [1.82, 2.24) is 0 Å². The van der Waals surface area contributed by atoms with Crippen molar-refractivity contribution in [2.24, 2.45) is 0 Å². The summed E-state index contributed by atoms with van der Waals surface area (Å²) in [6.07, 6.45) is 8.37. The van der Waals surface area contributed by atoms with Crippen molar-refractivity contribution in [3.8, 4) is 12.3 Å². The lowest BCUT2D eigenvalue weighted by Gasteiger charge is -2.03. The summed E-state index contributed by atoms with van der Waals surface area (Å²) in [5.74, 6) is 2.28. The number of rotatable bonds is 5. The third-order valence-electron chi connectivity index (χ3n) is 1.81. The fourth-order valence-electron chi connectivity index (χ4n) is 1.07. The van der Waals surface area contributed by atoms with Crippen LogP contribution in [0, 0.1) is 12.3 Å². The number of carbonyl (C=O) groups is 1. The van der Waals surface area contributed by atoms with Gasteiger partial charge in [0.1, 0.15) is 6.61 Å². The smallest absolute Gasteiger partial charge is 0.190 e. The van der Waals surface area contributed by atoms with Crippen molar-refractivity contribution in [1.29, 1.82) is 0 Å². The highest BCUT2D eigenvalue weighted by atomic mass is 32.2. The van der Waals surface area contributed by atoms with Crippen molar-refractivity contribution in [3.05, 3.63) is 47.1 Å². The average Bonchev–Trinajstić information content (AvgIpc) is 2.35. The third-order valence-corrected chi connectivity index (χ3v) is 2.44. The van der Waals surface area contributed by atoms with Crippen LogP contribution in [0.15, 0.2) is 41.5 Å². The van der Waals surface area contributed by atoms with Gasteiger partial charge in [0, 0.05) is 11.6 Å². The molecule has 0 bridgehead atoms. The number of allylic oxidation sites excluding steroid dienone is 1. The Hall–Kier alpha value is -1.66. The van der Waals surface area contributed by atoms with Crippen LogP contribution in [0.1, 0.15) is 10.4 Å². The Morgan fingerprint density at radius 2 is 2.19 bits per heavy atom. The van der Waals surface area contributed by atoms with Gasteiger partial charge in [-0.1, -0.05) is 48.0 Å². The molecule has 0 radical (unpaired) electrons. The Morgan fingerprint density at radius 3 is 2.75 bits per heavy atom.